The van der Waals surface area contributed by atoms with E-state index in [4.69, 9.17) is 4.74 Å². The quantitative estimate of drug-likeness (QED) is 0.751. The summed E-state index contributed by atoms with van der Waals surface area (Å²) in [5.41, 5.74) is 3.44. The zero-order chi connectivity index (χ0) is 17.9. The number of benzene rings is 2. The van der Waals surface area contributed by atoms with Crippen LogP contribution in [0.1, 0.15) is 10.4 Å². The largest absolute Gasteiger partial charge is 0.478 e. The highest BCUT2D eigenvalue weighted by Gasteiger charge is 2.15. The van der Waals surface area contributed by atoms with Crippen molar-refractivity contribution in [3.8, 4) is 0 Å². The summed E-state index contributed by atoms with van der Waals surface area (Å²) in [5, 5.41) is 13.6. The van der Waals surface area contributed by atoms with Crippen molar-refractivity contribution in [2.24, 2.45) is 0 Å². The summed E-state index contributed by atoms with van der Waals surface area (Å²) in [4.78, 5) is 18.1. The molecule has 0 bridgehead atoms. The normalized spacial score (nSPS) is 14.4. The minimum Gasteiger partial charge on any atom is -0.478 e. The average molecular weight is 349 g/mol. The Morgan fingerprint density at radius 1 is 1.08 bits per heavy atom. The van der Waals surface area contributed by atoms with Crippen LogP contribution in [0.2, 0.25) is 0 Å². The molecule has 0 atom stereocenters. The van der Waals surface area contributed by atoms with Gasteiger partial charge in [-0.15, -0.1) is 0 Å². The predicted molar refractivity (Wildman–Crippen MR) is 101 cm³/mol. The molecule has 1 aliphatic heterocycles. The fraction of sp³-hybridized carbons (Fsp3) is 0.200. The number of fused-ring (bicyclic) bond motifs is 1. The first-order valence-corrected chi connectivity index (χ1v) is 8.53. The van der Waals surface area contributed by atoms with E-state index in [2.05, 4.69) is 15.2 Å². The second-order valence-corrected chi connectivity index (χ2v) is 6.14. The van der Waals surface area contributed by atoms with E-state index in [-0.39, 0.29) is 5.56 Å². The van der Waals surface area contributed by atoms with E-state index in [0.717, 1.165) is 48.6 Å². The molecule has 3 aromatic rings. The van der Waals surface area contributed by atoms with Crippen LogP contribution in [-0.4, -0.2) is 42.4 Å². The third-order valence-corrected chi connectivity index (χ3v) is 4.52. The van der Waals surface area contributed by atoms with E-state index in [1.807, 2.05) is 48.5 Å². The number of nitrogens with one attached hydrogen (secondary N) is 1. The van der Waals surface area contributed by atoms with Crippen LogP contribution < -0.4 is 10.2 Å². The second-order valence-electron chi connectivity index (χ2n) is 6.14. The lowest BCUT2D eigenvalue weighted by Gasteiger charge is -2.29. The predicted octanol–water partition coefficient (Wildman–Crippen LogP) is 3.51. The maximum atomic E-state index is 11.6. The molecule has 0 unspecified atom stereocenters. The maximum absolute atomic E-state index is 11.6. The number of ether oxygens (including phenoxy) is 1. The molecule has 6 heteroatoms. The molecule has 0 radical (unpaired) electrons. The summed E-state index contributed by atoms with van der Waals surface area (Å²) in [6, 6.07) is 15.5. The topological polar surface area (TPSA) is 74.7 Å². The molecular weight excluding hydrogens is 330 g/mol. The zero-order valence-electron chi connectivity index (χ0n) is 14.2. The first-order valence-electron chi connectivity index (χ1n) is 8.53. The lowest BCUT2D eigenvalue weighted by molar-refractivity contribution is 0.0697. The molecule has 1 aliphatic rings. The SMILES string of the molecule is O=C(O)c1cnc2ccccc2c1Nc1ccc(N2CCOCC2)cc1. The number of morpholine rings is 1. The molecule has 2 heterocycles. The van der Waals surface area contributed by atoms with Gasteiger partial charge in [0.05, 0.1) is 24.4 Å². The molecule has 2 N–H and O–H groups in total. The van der Waals surface area contributed by atoms with Gasteiger partial charge in [0.2, 0.25) is 0 Å². The number of anilines is 3. The number of carboxylic acids is 1. The van der Waals surface area contributed by atoms with Crippen molar-refractivity contribution < 1.29 is 14.6 Å². The van der Waals surface area contributed by atoms with Gasteiger partial charge in [-0.1, -0.05) is 18.2 Å². The van der Waals surface area contributed by atoms with Gasteiger partial charge in [0.15, 0.2) is 0 Å². The van der Waals surface area contributed by atoms with Crippen molar-refractivity contribution in [1.82, 2.24) is 4.98 Å². The Kier molecular flexibility index (Phi) is 4.41. The van der Waals surface area contributed by atoms with Gasteiger partial charge in [0.1, 0.15) is 5.56 Å². The van der Waals surface area contributed by atoms with E-state index in [9.17, 15) is 9.90 Å². The van der Waals surface area contributed by atoms with Crippen molar-refractivity contribution in [1.29, 1.82) is 0 Å². The van der Waals surface area contributed by atoms with Crippen LogP contribution >= 0.6 is 0 Å². The van der Waals surface area contributed by atoms with Gasteiger partial charge in [-0.2, -0.15) is 0 Å². The Bertz CT molecular complexity index is 935. The van der Waals surface area contributed by atoms with Crippen LogP contribution in [-0.2, 0) is 4.74 Å². The first-order chi connectivity index (χ1) is 12.7. The molecule has 0 aliphatic carbocycles. The minimum atomic E-state index is -1.00. The molecule has 1 saturated heterocycles. The number of hydrogen-bond donors (Lipinski definition) is 2. The van der Waals surface area contributed by atoms with E-state index in [1.165, 1.54) is 6.20 Å². The maximum Gasteiger partial charge on any atom is 0.339 e. The van der Waals surface area contributed by atoms with Gasteiger partial charge >= 0.3 is 5.97 Å². The van der Waals surface area contributed by atoms with Crippen LogP contribution in [0.5, 0.6) is 0 Å². The summed E-state index contributed by atoms with van der Waals surface area (Å²) in [6.45, 7) is 3.24. The number of nitrogens with zero attached hydrogens (tertiary/aromatic N) is 2. The fourth-order valence-electron chi connectivity index (χ4n) is 3.16. The third kappa shape index (κ3) is 3.19. The molecule has 6 nitrogen and oxygen atoms in total. The molecule has 0 amide bonds. The Morgan fingerprint density at radius 3 is 2.54 bits per heavy atom. The Morgan fingerprint density at radius 2 is 1.81 bits per heavy atom. The number of aromatic carboxylic acids is 1. The van der Waals surface area contributed by atoms with E-state index in [0.29, 0.717) is 5.69 Å². The van der Waals surface area contributed by atoms with Gasteiger partial charge in [0, 0.05) is 36.0 Å². The van der Waals surface area contributed by atoms with E-state index in [1.54, 1.807) is 0 Å². The highest BCUT2D eigenvalue weighted by atomic mass is 16.5. The lowest BCUT2D eigenvalue weighted by Crippen LogP contribution is -2.36. The first kappa shape index (κ1) is 16.4. The highest BCUT2D eigenvalue weighted by Crippen LogP contribution is 2.30. The average Bonchev–Trinajstić information content (AvgIpc) is 2.69. The summed E-state index contributed by atoms with van der Waals surface area (Å²) >= 11 is 0. The molecule has 26 heavy (non-hydrogen) atoms. The van der Waals surface area contributed by atoms with Gasteiger partial charge in [0.25, 0.3) is 0 Å². The standard InChI is InChI=1S/C20H19N3O3/c24-20(25)17-13-21-18-4-2-1-3-16(18)19(17)22-14-5-7-15(8-6-14)23-9-11-26-12-10-23/h1-8,13H,9-12H2,(H,21,22)(H,24,25). The Labute approximate surface area is 151 Å². The number of carboxylic acid groups (broad SMARTS) is 1. The Hall–Kier alpha value is -3.12. The van der Waals surface area contributed by atoms with Crippen LogP contribution in [0.3, 0.4) is 0 Å². The van der Waals surface area contributed by atoms with Gasteiger partial charge in [-0.25, -0.2) is 4.79 Å². The molecule has 1 aromatic heterocycles. The number of rotatable bonds is 4. The molecule has 0 saturated carbocycles. The van der Waals surface area contributed by atoms with Gasteiger partial charge in [-0.05, 0) is 30.3 Å². The summed E-state index contributed by atoms with van der Waals surface area (Å²) in [7, 11) is 0. The lowest BCUT2D eigenvalue weighted by atomic mass is 10.1. The van der Waals surface area contributed by atoms with E-state index < -0.39 is 5.97 Å². The smallest absolute Gasteiger partial charge is 0.339 e. The molecule has 2 aromatic carbocycles. The monoisotopic (exact) mass is 349 g/mol. The Balaban J connectivity index is 1.66. The number of hydrogen-bond acceptors (Lipinski definition) is 5. The van der Waals surface area contributed by atoms with Gasteiger partial charge in [-0.3, -0.25) is 4.98 Å². The zero-order valence-corrected chi connectivity index (χ0v) is 14.2. The summed E-state index contributed by atoms with van der Waals surface area (Å²) in [5.74, 6) is -1.00. The number of aromatic nitrogens is 1. The van der Waals surface area contributed by atoms with Gasteiger partial charge < -0.3 is 20.1 Å². The van der Waals surface area contributed by atoms with Crippen LogP contribution in [0.4, 0.5) is 17.1 Å². The molecule has 4 rings (SSSR count). The third-order valence-electron chi connectivity index (χ3n) is 4.52. The van der Waals surface area contributed by atoms with Crippen LogP contribution in [0.15, 0.2) is 54.7 Å². The summed E-state index contributed by atoms with van der Waals surface area (Å²) < 4.78 is 5.38. The highest BCUT2D eigenvalue weighted by molar-refractivity contribution is 6.05. The summed E-state index contributed by atoms with van der Waals surface area (Å²) in [6.07, 6.45) is 1.40. The number of para-hydroxylation sites is 1. The van der Waals surface area contributed by atoms with Crippen LogP contribution in [0, 0.1) is 0 Å². The fourth-order valence-corrected chi connectivity index (χ4v) is 3.16. The number of carbonyl (C=O) groups is 1. The molecule has 0 spiro atoms. The van der Waals surface area contributed by atoms with Crippen molar-refractivity contribution in [3.05, 3.63) is 60.3 Å². The number of pyridine rings is 1. The minimum absolute atomic E-state index is 0.154. The van der Waals surface area contributed by atoms with Crippen molar-refractivity contribution in [2.75, 3.05) is 36.5 Å². The van der Waals surface area contributed by atoms with Crippen molar-refractivity contribution >= 4 is 33.9 Å². The molecular formula is C20H19N3O3. The molecule has 132 valence electrons. The molecule has 1 fully saturated rings. The van der Waals surface area contributed by atoms with E-state index >= 15 is 0 Å². The second kappa shape index (κ2) is 7.01. The van der Waals surface area contributed by atoms with Crippen molar-refractivity contribution in [3.63, 3.8) is 0 Å². The van der Waals surface area contributed by atoms with Crippen LogP contribution in [0.25, 0.3) is 10.9 Å². The van der Waals surface area contributed by atoms with Crippen molar-refractivity contribution in [2.45, 2.75) is 0 Å².